The lowest BCUT2D eigenvalue weighted by Gasteiger charge is -2.25. The first-order valence-electron chi connectivity index (χ1n) is 5.53. The molecule has 1 atom stereocenters. The molecule has 0 aromatic heterocycles. The molecule has 0 spiro atoms. The van der Waals surface area contributed by atoms with E-state index in [1.165, 1.54) is 12.8 Å². The molecular formula is C11H21NOS. The molecule has 82 valence electrons. The van der Waals surface area contributed by atoms with Crippen LogP contribution >= 0.6 is 12.6 Å². The fourth-order valence-electron chi connectivity index (χ4n) is 1.46. The summed E-state index contributed by atoms with van der Waals surface area (Å²) < 4.78 is 0. The maximum atomic E-state index is 11.9. The van der Waals surface area contributed by atoms with Crippen molar-refractivity contribution in [2.75, 3.05) is 13.1 Å². The Kier molecular flexibility index (Phi) is 4.30. The van der Waals surface area contributed by atoms with Crippen LogP contribution in [-0.4, -0.2) is 29.1 Å². The number of carbonyl (C=O) groups excluding carboxylic acids is 1. The summed E-state index contributed by atoms with van der Waals surface area (Å²) in [5, 5.41) is -0.131. The molecule has 0 aromatic carbocycles. The van der Waals surface area contributed by atoms with Gasteiger partial charge in [0.05, 0.1) is 5.25 Å². The first kappa shape index (κ1) is 11.9. The van der Waals surface area contributed by atoms with Gasteiger partial charge in [-0.25, -0.2) is 0 Å². The van der Waals surface area contributed by atoms with Crippen molar-refractivity contribution in [1.29, 1.82) is 0 Å². The third-order valence-corrected chi connectivity index (χ3v) is 3.57. The maximum Gasteiger partial charge on any atom is 0.235 e. The number of nitrogens with zero attached hydrogens (tertiary/aromatic N) is 1. The van der Waals surface area contributed by atoms with E-state index in [1.54, 1.807) is 0 Å². The van der Waals surface area contributed by atoms with Crippen molar-refractivity contribution in [3.63, 3.8) is 0 Å². The molecule has 0 N–H and O–H groups in total. The molecule has 0 radical (unpaired) electrons. The zero-order valence-electron chi connectivity index (χ0n) is 9.36. The molecule has 1 aliphatic rings. The van der Waals surface area contributed by atoms with Crippen LogP contribution in [0.25, 0.3) is 0 Å². The third-order valence-electron chi connectivity index (χ3n) is 2.75. The molecule has 0 heterocycles. The molecule has 0 aliphatic heterocycles. The highest BCUT2D eigenvalue weighted by Gasteiger charge is 2.29. The Balaban J connectivity index is 2.45. The van der Waals surface area contributed by atoms with Gasteiger partial charge < -0.3 is 4.90 Å². The summed E-state index contributed by atoms with van der Waals surface area (Å²) in [6.45, 7) is 7.89. The summed E-state index contributed by atoms with van der Waals surface area (Å²) in [5.74, 6) is 1.29. The zero-order valence-corrected chi connectivity index (χ0v) is 10.3. The highest BCUT2D eigenvalue weighted by Crippen LogP contribution is 2.30. The monoisotopic (exact) mass is 215 g/mol. The highest BCUT2D eigenvalue weighted by molar-refractivity contribution is 7.81. The van der Waals surface area contributed by atoms with E-state index in [2.05, 4.69) is 12.6 Å². The fraction of sp³-hybridized carbons (Fsp3) is 0.909. The predicted molar refractivity (Wildman–Crippen MR) is 62.6 cm³/mol. The summed E-state index contributed by atoms with van der Waals surface area (Å²) in [6.07, 6.45) is 2.59. The summed E-state index contributed by atoms with van der Waals surface area (Å²) in [5.41, 5.74) is 0. The molecule has 1 rings (SSSR count). The Morgan fingerprint density at radius 1 is 1.50 bits per heavy atom. The first-order valence-corrected chi connectivity index (χ1v) is 6.04. The van der Waals surface area contributed by atoms with E-state index in [4.69, 9.17) is 0 Å². The van der Waals surface area contributed by atoms with Crippen LogP contribution in [0.15, 0.2) is 0 Å². The minimum Gasteiger partial charge on any atom is -0.342 e. The standard InChI is InChI=1S/C11H21NOS/c1-4-12(7-9-5-6-9)11(13)10(14)8(2)3/h8-10,14H,4-7H2,1-3H3. The Hall–Kier alpha value is -0.180. The average Bonchev–Trinajstić information content (AvgIpc) is 2.95. The number of carbonyl (C=O) groups is 1. The summed E-state index contributed by atoms with van der Waals surface area (Å²) >= 11 is 4.36. The number of thiol groups is 1. The van der Waals surface area contributed by atoms with E-state index in [9.17, 15) is 4.79 Å². The SMILES string of the molecule is CCN(CC1CC1)C(=O)C(S)C(C)C. The average molecular weight is 215 g/mol. The van der Waals surface area contributed by atoms with Crippen molar-refractivity contribution < 1.29 is 4.79 Å². The van der Waals surface area contributed by atoms with Crippen LogP contribution < -0.4 is 0 Å². The molecule has 0 bridgehead atoms. The van der Waals surface area contributed by atoms with Crippen LogP contribution in [0.1, 0.15) is 33.6 Å². The first-order chi connectivity index (χ1) is 6.56. The van der Waals surface area contributed by atoms with Gasteiger partial charge in [0, 0.05) is 13.1 Å². The van der Waals surface area contributed by atoms with Crippen LogP contribution in [0, 0.1) is 11.8 Å². The molecule has 1 saturated carbocycles. The molecule has 0 saturated heterocycles. The molecule has 1 unspecified atom stereocenters. The highest BCUT2D eigenvalue weighted by atomic mass is 32.1. The number of amides is 1. The maximum absolute atomic E-state index is 11.9. The van der Waals surface area contributed by atoms with Crippen LogP contribution in [0.3, 0.4) is 0 Å². The van der Waals surface area contributed by atoms with E-state index < -0.39 is 0 Å². The molecular weight excluding hydrogens is 194 g/mol. The molecule has 1 fully saturated rings. The largest absolute Gasteiger partial charge is 0.342 e. The van der Waals surface area contributed by atoms with Gasteiger partial charge in [-0.1, -0.05) is 13.8 Å². The van der Waals surface area contributed by atoms with E-state index in [1.807, 2.05) is 25.7 Å². The van der Waals surface area contributed by atoms with Gasteiger partial charge in [0.15, 0.2) is 0 Å². The molecule has 0 aromatic rings. The molecule has 3 heteroatoms. The number of hydrogen-bond acceptors (Lipinski definition) is 2. The van der Waals surface area contributed by atoms with Gasteiger partial charge in [0.1, 0.15) is 0 Å². The molecule has 14 heavy (non-hydrogen) atoms. The van der Waals surface area contributed by atoms with Crippen LogP contribution in [-0.2, 0) is 4.79 Å². The number of hydrogen-bond donors (Lipinski definition) is 1. The second-order valence-electron chi connectivity index (χ2n) is 4.51. The van der Waals surface area contributed by atoms with Crippen molar-refractivity contribution in [3.05, 3.63) is 0 Å². The third kappa shape index (κ3) is 3.19. The van der Waals surface area contributed by atoms with Crippen molar-refractivity contribution in [2.45, 2.75) is 38.9 Å². The van der Waals surface area contributed by atoms with Crippen molar-refractivity contribution in [1.82, 2.24) is 4.90 Å². The van der Waals surface area contributed by atoms with Gasteiger partial charge in [-0.05, 0) is 31.6 Å². The van der Waals surface area contributed by atoms with Gasteiger partial charge >= 0.3 is 0 Å². The Bertz CT molecular complexity index is 201. The van der Waals surface area contributed by atoms with Gasteiger partial charge in [0.25, 0.3) is 0 Å². The summed E-state index contributed by atoms with van der Waals surface area (Å²) in [4.78, 5) is 13.9. The Morgan fingerprint density at radius 2 is 2.07 bits per heavy atom. The Labute approximate surface area is 92.5 Å². The Morgan fingerprint density at radius 3 is 2.43 bits per heavy atom. The lowest BCUT2D eigenvalue weighted by atomic mass is 10.1. The lowest BCUT2D eigenvalue weighted by molar-refractivity contribution is -0.131. The van der Waals surface area contributed by atoms with Crippen molar-refractivity contribution in [3.8, 4) is 0 Å². The van der Waals surface area contributed by atoms with Crippen LogP contribution in [0.5, 0.6) is 0 Å². The van der Waals surface area contributed by atoms with Crippen molar-refractivity contribution in [2.24, 2.45) is 11.8 Å². The fourth-order valence-corrected chi connectivity index (χ4v) is 1.62. The van der Waals surface area contributed by atoms with Crippen LogP contribution in [0.4, 0.5) is 0 Å². The topological polar surface area (TPSA) is 20.3 Å². The van der Waals surface area contributed by atoms with Crippen molar-refractivity contribution >= 4 is 18.5 Å². The number of rotatable bonds is 5. The molecule has 2 nitrogen and oxygen atoms in total. The van der Waals surface area contributed by atoms with Gasteiger partial charge in [-0.15, -0.1) is 0 Å². The molecule has 1 aliphatic carbocycles. The second-order valence-corrected chi connectivity index (χ2v) is 5.07. The summed E-state index contributed by atoms with van der Waals surface area (Å²) in [7, 11) is 0. The minimum absolute atomic E-state index is 0.131. The predicted octanol–water partition coefficient (Wildman–Crippen LogP) is 2.20. The molecule has 1 amide bonds. The smallest absolute Gasteiger partial charge is 0.235 e. The zero-order chi connectivity index (χ0) is 10.7. The van der Waals surface area contributed by atoms with Gasteiger partial charge in [0.2, 0.25) is 5.91 Å². The van der Waals surface area contributed by atoms with Gasteiger partial charge in [-0.2, -0.15) is 12.6 Å². The lowest BCUT2D eigenvalue weighted by Crippen LogP contribution is -2.40. The summed E-state index contributed by atoms with van der Waals surface area (Å²) in [6, 6.07) is 0. The van der Waals surface area contributed by atoms with E-state index in [0.717, 1.165) is 19.0 Å². The quantitative estimate of drug-likeness (QED) is 0.697. The van der Waals surface area contributed by atoms with E-state index in [-0.39, 0.29) is 11.2 Å². The van der Waals surface area contributed by atoms with E-state index >= 15 is 0 Å². The van der Waals surface area contributed by atoms with Gasteiger partial charge in [-0.3, -0.25) is 4.79 Å². The van der Waals surface area contributed by atoms with E-state index in [0.29, 0.717) is 5.92 Å². The second kappa shape index (κ2) is 5.06. The minimum atomic E-state index is -0.131. The normalized spacial score (nSPS) is 18.4. The van der Waals surface area contributed by atoms with Crippen LogP contribution in [0.2, 0.25) is 0 Å².